The Hall–Kier alpha value is -2.33. The van der Waals surface area contributed by atoms with Gasteiger partial charge in [0.2, 0.25) is 5.91 Å². The lowest BCUT2D eigenvalue weighted by atomic mass is 10.1. The van der Waals surface area contributed by atoms with E-state index < -0.39 is 5.91 Å². The zero-order valence-electron chi connectivity index (χ0n) is 13.1. The van der Waals surface area contributed by atoms with E-state index in [9.17, 15) is 4.79 Å². The van der Waals surface area contributed by atoms with Crippen LogP contribution in [0.5, 0.6) is 5.75 Å². The van der Waals surface area contributed by atoms with Crippen LogP contribution in [0, 0.1) is 6.92 Å². The second kappa shape index (κ2) is 7.61. The highest BCUT2D eigenvalue weighted by atomic mass is 16.5. The van der Waals surface area contributed by atoms with Gasteiger partial charge in [-0.3, -0.25) is 9.69 Å². The molecular formula is C18H22N2O2. The molecule has 0 saturated carbocycles. The SMILES string of the molecule is Cc1cccc(OCCN(C)Cc2ccc(C(N)=O)cc2)c1. The van der Waals surface area contributed by atoms with Crippen LogP contribution in [0.1, 0.15) is 21.5 Å². The largest absolute Gasteiger partial charge is 0.492 e. The van der Waals surface area contributed by atoms with Gasteiger partial charge in [-0.25, -0.2) is 0 Å². The number of aryl methyl sites for hydroxylation is 1. The summed E-state index contributed by atoms with van der Waals surface area (Å²) >= 11 is 0. The van der Waals surface area contributed by atoms with Crippen molar-refractivity contribution in [2.45, 2.75) is 13.5 Å². The molecule has 0 heterocycles. The van der Waals surface area contributed by atoms with Crippen molar-refractivity contribution < 1.29 is 9.53 Å². The molecule has 0 fully saturated rings. The molecule has 0 spiro atoms. The van der Waals surface area contributed by atoms with E-state index in [1.165, 1.54) is 5.56 Å². The van der Waals surface area contributed by atoms with Crippen molar-refractivity contribution in [3.63, 3.8) is 0 Å². The first kappa shape index (κ1) is 16.0. The molecule has 0 unspecified atom stereocenters. The number of primary amides is 1. The Balaban J connectivity index is 1.78. The van der Waals surface area contributed by atoms with E-state index in [0.29, 0.717) is 12.2 Å². The number of ether oxygens (including phenoxy) is 1. The Morgan fingerprint density at radius 3 is 2.55 bits per heavy atom. The second-order valence-electron chi connectivity index (χ2n) is 5.46. The van der Waals surface area contributed by atoms with Gasteiger partial charge in [0.1, 0.15) is 12.4 Å². The molecule has 0 aliphatic carbocycles. The fourth-order valence-electron chi connectivity index (χ4n) is 2.19. The van der Waals surface area contributed by atoms with E-state index in [2.05, 4.69) is 17.9 Å². The van der Waals surface area contributed by atoms with Crippen molar-refractivity contribution in [2.75, 3.05) is 20.2 Å². The molecule has 2 rings (SSSR count). The molecule has 2 aromatic carbocycles. The first-order valence-corrected chi connectivity index (χ1v) is 7.31. The van der Waals surface area contributed by atoms with Gasteiger partial charge in [-0.1, -0.05) is 24.3 Å². The number of rotatable bonds is 7. The van der Waals surface area contributed by atoms with E-state index >= 15 is 0 Å². The maximum Gasteiger partial charge on any atom is 0.248 e. The van der Waals surface area contributed by atoms with Crippen LogP contribution >= 0.6 is 0 Å². The molecule has 0 bridgehead atoms. The number of hydrogen-bond donors (Lipinski definition) is 1. The summed E-state index contributed by atoms with van der Waals surface area (Å²) in [6, 6.07) is 15.4. The van der Waals surface area contributed by atoms with E-state index in [-0.39, 0.29) is 0 Å². The Bertz CT molecular complexity index is 623. The number of carbonyl (C=O) groups excluding carboxylic acids is 1. The molecule has 22 heavy (non-hydrogen) atoms. The molecule has 116 valence electrons. The minimum Gasteiger partial charge on any atom is -0.492 e. The summed E-state index contributed by atoms with van der Waals surface area (Å²) in [4.78, 5) is 13.2. The highest BCUT2D eigenvalue weighted by Gasteiger charge is 2.03. The van der Waals surface area contributed by atoms with Gasteiger partial charge in [0.15, 0.2) is 0 Å². The van der Waals surface area contributed by atoms with Crippen molar-refractivity contribution in [1.29, 1.82) is 0 Å². The van der Waals surface area contributed by atoms with Gasteiger partial charge >= 0.3 is 0 Å². The summed E-state index contributed by atoms with van der Waals surface area (Å²) in [6.07, 6.45) is 0. The molecular weight excluding hydrogens is 276 g/mol. The highest BCUT2D eigenvalue weighted by molar-refractivity contribution is 5.92. The lowest BCUT2D eigenvalue weighted by molar-refractivity contribution is 0.100. The molecule has 0 aromatic heterocycles. The van der Waals surface area contributed by atoms with Crippen molar-refractivity contribution in [3.05, 3.63) is 65.2 Å². The first-order valence-electron chi connectivity index (χ1n) is 7.31. The third kappa shape index (κ3) is 4.90. The van der Waals surface area contributed by atoms with Crippen molar-refractivity contribution in [1.82, 2.24) is 4.90 Å². The van der Waals surface area contributed by atoms with Gasteiger partial charge in [0.25, 0.3) is 0 Å². The van der Waals surface area contributed by atoms with E-state index in [4.69, 9.17) is 10.5 Å². The zero-order chi connectivity index (χ0) is 15.9. The number of amides is 1. The van der Waals surface area contributed by atoms with Crippen molar-refractivity contribution >= 4 is 5.91 Å². The number of carbonyl (C=O) groups is 1. The molecule has 0 aliphatic rings. The molecule has 2 aromatic rings. The second-order valence-corrected chi connectivity index (χ2v) is 5.46. The van der Waals surface area contributed by atoms with Crippen molar-refractivity contribution in [3.8, 4) is 5.75 Å². The average molecular weight is 298 g/mol. The van der Waals surface area contributed by atoms with Gasteiger partial charge in [-0.2, -0.15) is 0 Å². The zero-order valence-corrected chi connectivity index (χ0v) is 13.1. The molecule has 4 nitrogen and oxygen atoms in total. The predicted molar refractivity (Wildman–Crippen MR) is 88.0 cm³/mol. The van der Waals surface area contributed by atoms with Crippen LogP contribution in [0.15, 0.2) is 48.5 Å². The van der Waals surface area contributed by atoms with Gasteiger partial charge in [-0.05, 0) is 49.4 Å². The monoisotopic (exact) mass is 298 g/mol. The number of likely N-dealkylation sites (N-methyl/N-ethyl adjacent to an activating group) is 1. The summed E-state index contributed by atoms with van der Waals surface area (Å²) in [5.74, 6) is 0.505. The molecule has 4 heteroatoms. The van der Waals surface area contributed by atoms with Crippen LogP contribution in [-0.4, -0.2) is 31.0 Å². The van der Waals surface area contributed by atoms with Gasteiger partial charge < -0.3 is 10.5 Å². The first-order chi connectivity index (χ1) is 10.5. The average Bonchev–Trinajstić information content (AvgIpc) is 2.48. The summed E-state index contributed by atoms with van der Waals surface area (Å²) < 4.78 is 5.74. The fraction of sp³-hybridized carbons (Fsp3) is 0.278. The summed E-state index contributed by atoms with van der Waals surface area (Å²) in [5.41, 5.74) is 8.10. The Morgan fingerprint density at radius 1 is 1.18 bits per heavy atom. The molecule has 0 saturated heterocycles. The summed E-state index contributed by atoms with van der Waals surface area (Å²) in [6.45, 7) is 4.32. The topological polar surface area (TPSA) is 55.6 Å². The summed E-state index contributed by atoms with van der Waals surface area (Å²) in [5, 5.41) is 0. The normalized spacial score (nSPS) is 10.7. The van der Waals surface area contributed by atoms with Crippen LogP contribution < -0.4 is 10.5 Å². The minimum absolute atomic E-state index is 0.397. The Kier molecular flexibility index (Phi) is 5.55. The summed E-state index contributed by atoms with van der Waals surface area (Å²) in [7, 11) is 2.04. The van der Waals surface area contributed by atoms with Gasteiger partial charge in [0.05, 0.1) is 0 Å². The van der Waals surface area contributed by atoms with Crippen molar-refractivity contribution in [2.24, 2.45) is 5.73 Å². The minimum atomic E-state index is -0.397. The fourth-order valence-corrected chi connectivity index (χ4v) is 2.19. The standard InChI is InChI=1S/C18H22N2O2/c1-14-4-3-5-17(12-14)22-11-10-20(2)13-15-6-8-16(9-7-15)18(19)21/h3-9,12H,10-11,13H2,1-2H3,(H2,19,21). The third-order valence-electron chi connectivity index (χ3n) is 3.42. The molecule has 0 atom stereocenters. The number of hydrogen-bond acceptors (Lipinski definition) is 3. The lowest BCUT2D eigenvalue weighted by Gasteiger charge is -2.17. The number of nitrogens with zero attached hydrogens (tertiary/aromatic N) is 1. The highest BCUT2D eigenvalue weighted by Crippen LogP contribution is 2.12. The van der Waals surface area contributed by atoms with Gasteiger partial charge in [0, 0.05) is 18.7 Å². The van der Waals surface area contributed by atoms with Crippen LogP contribution in [0.2, 0.25) is 0 Å². The third-order valence-corrected chi connectivity index (χ3v) is 3.42. The van der Waals surface area contributed by atoms with E-state index in [1.807, 2.05) is 37.4 Å². The number of benzene rings is 2. The molecule has 1 amide bonds. The van der Waals surface area contributed by atoms with Crippen LogP contribution in [0.3, 0.4) is 0 Å². The number of nitrogens with two attached hydrogens (primary N) is 1. The van der Waals surface area contributed by atoms with E-state index in [1.54, 1.807) is 12.1 Å². The molecule has 0 radical (unpaired) electrons. The van der Waals surface area contributed by atoms with Crippen LogP contribution in [0.4, 0.5) is 0 Å². The predicted octanol–water partition coefficient (Wildman–Crippen LogP) is 2.60. The Labute approximate surface area is 131 Å². The maximum atomic E-state index is 11.0. The van der Waals surface area contributed by atoms with Gasteiger partial charge in [-0.15, -0.1) is 0 Å². The van der Waals surface area contributed by atoms with E-state index in [0.717, 1.165) is 24.4 Å². The maximum absolute atomic E-state index is 11.0. The Morgan fingerprint density at radius 2 is 1.91 bits per heavy atom. The van der Waals surface area contributed by atoms with Crippen LogP contribution in [-0.2, 0) is 6.54 Å². The quantitative estimate of drug-likeness (QED) is 0.855. The van der Waals surface area contributed by atoms with Crippen LogP contribution in [0.25, 0.3) is 0 Å². The molecule has 2 N–H and O–H groups in total. The molecule has 0 aliphatic heterocycles. The lowest BCUT2D eigenvalue weighted by Crippen LogP contribution is -2.24. The smallest absolute Gasteiger partial charge is 0.248 e.